The number of nitrogen functional groups attached to an aromatic ring is 1. The van der Waals surface area contributed by atoms with Crippen molar-refractivity contribution in [3.63, 3.8) is 0 Å². The van der Waals surface area contributed by atoms with Crippen LogP contribution in [0.25, 0.3) is 33.2 Å². The zero-order valence-electron chi connectivity index (χ0n) is 18.8. The molecule has 1 saturated carbocycles. The Balaban J connectivity index is 1.56. The van der Waals surface area contributed by atoms with Crippen molar-refractivity contribution in [1.82, 2.24) is 39.1 Å². The third-order valence-electron chi connectivity index (χ3n) is 6.30. The summed E-state index contributed by atoms with van der Waals surface area (Å²) in [5, 5.41) is 19.1. The molecule has 6 rings (SSSR count). The molecular formula is C23H22FN9O2. The first-order chi connectivity index (χ1) is 17.0. The molecule has 1 aliphatic carbocycles. The zero-order chi connectivity index (χ0) is 24.3. The molecule has 11 nitrogen and oxygen atoms in total. The molecule has 0 unspecified atom stereocenters. The van der Waals surface area contributed by atoms with Gasteiger partial charge in [-0.15, -0.1) is 0 Å². The Morgan fingerprint density at radius 2 is 2.11 bits per heavy atom. The standard InChI is InChI=1S/C23H22FN9O2/c1-12(21-29-17-5-2-14(24)8-16(17)23(35)32(21)15-3-4-15)33-22-18(20(25)26-11-27-22)19(30-33)13-9-28-31(10-13)6-7-34/h2,5,8-12,15,34H,3-4,6-7H2,1H3,(H2,25,26,27)/t12-/m0/s1. The molecule has 0 saturated heterocycles. The lowest BCUT2D eigenvalue weighted by Gasteiger charge is -2.19. The van der Waals surface area contributed by atoms with E-state index in [-0.39, 0.29) is 29.4 Å². The number of nitrogens with two attached hydrogens (primary N) is 1. The van der Waals surface area contributed by atoms with Crippen molar-refractivity contribution in [2.45, 2.75) is 38.4 Å². The third-order valence-corrected chi connectivity index (χ3v) is 6.30. The van der Waals surface area contributed by atoms with E-state index in [2.05, 4.69) is 15.1 Å². The van der Waals surface area contributed by atoms with Crippen LogP contribution in [0.5, 0.6) is 0 Å². The predicted molar refractivity (Wildman–Crippen MR) is 126 cm³/mol. The average molecular weight is 475 g/mol. The van der Waals surface area contributed by atoms with Gasteiger partial charge in [0.25, 0.3) is 5.56 Å². The molecule has 0 bridgehead atoms. The summed E-state index contributed by atoms with van der Waals surface area (Å²) in [6.45, 7) is 2.19. The molecule has 3 N–H and O–H groups in total. The molecule has 1 aromatic carbocycles. The summed E-state index contributed by atoms with van der Waals surface area (Å²) in [4.78, 5) is 26.7. The Morgan fingerprint density at radius 1 is 1.29 bits per heavy atom. The monoisotopic (exact) mass is 475 g/mol. The normalized spacial score (nSPS) is 14.7. The molecule has 1 aliphatic rings. The molecule has 0 amide bonds. The smallest absolute Gasteiger partial charge is 0.261 e. The number of hydrogen-bond acceptors (Lipinski definition) is 8. The van der Waals surface area contributed by atoms with Gasteiger partial charge in [-0.2, -0.15) is 10.2 Å². The van der Waals surface area contributed by atoms with Gasteiger partial charge in [-0.1, -0.05) is 0 Å². The summed E-state index contributed by atoms with van der Waals surface area (Å²) < 4.78 is 18.8. The van der Waals surface area contributed by atoms with Crippen LogP contribution in [0.2, 0.25) is 0 Å². The highest BCUT2D eigenvalue weighted by Gasteiger charge is 2.32. The van der Waals surface area contributed by atoms with Crippen molar-refractivity contribution in [3.8, 4) is 11.3 Å². The van der Waals surface area contributed by atoms with Gasteiger partial charge in [0.15, 0.2) is 5.65 Å². The van der Waals surface area contributed by atoms with Crippen LogP contribution in [-0.4, -0.2) is 50.8 Å². The van der Waals surface area contributed by atoms with Crippen molar-refractivity contribution >= 4 is 27.8 Å². The van der Waals surface area contributed by atoms with Crippen LogP contribution in [0, 0.1) is 5.82 Å². The molecule has 0 aliphatic heterocycles. The van der Waals surface area contributed by atoms with Gasteiger partial charge in [-0.25, -0.2) is 24.0 Å². The van der Waals surface area contributed by atoms with Crippen LogP contribution in [0.4, 0.5) is 10.2 Å². The highest BCUT2D eigenvalue weighted by atomic mass is 19.1. The Morgan fingerprint density at radius 3 is 2.89 bits per heavy atom. The van der Waals surface area contributed by atoms with E-state index < -0.39 is 11.9 Å². The number of aromatic nitrogens is 8. The van der Waals surface area contributed by atoms with Gasteiger partial charge in [0.05, 0.1) is 35.6 Å². The van der Waals surface area contributed by atoms with Gasteiger partial charge in [-0.05, 0) is 38.0 Å². The minimum atomic E-state index is -0.490. The SMILES string of the molecule is C[C@@H](c1nc2ccc(F)cc2c(=O)n1C1CC1)n1nc(-c2cnn(CCO)c2)c2c(N)ncnc21. The fourth-order valence-electron chi connectivity index (χ4n) is 4.46. The molecule has 12 heteroatoms. The summed E-state index contributed by atoms with van der Waals surface area (Å²) in [6, 6.07) is 3.57. The van der Waals surface area contributed by atoms with Crippen LogP contribution in [0.15, 0.2) is 41.7 Å². The van der Waals surface area contributed by atoms with Gasteiger partial charge in [-0.3, -0.25) is 14.0 Å². The number of aliphatic hydroxyl groups excluding tert-OH is 1. The molecule has 0 spiro atoms. The third kappa shape index (κ3) is 3.44. The number of benzene rings is 1. The van der Waals surface area contributed by atoms with E-state index in [0.29, 0.717) is 40.2 Å². The van der Waals surface area contributed by atoms with E-state index in [9.17, 15) is 14.3 Å². The second kappa shape index (κ2) is 7.94. The number of halogens is 1. The lowest BCUT2D eigenvalue weighted by molar-refractivity contribution is 0.269. The number of aliphatic hydroxyl groups is 1. The van der Waals surface area contributed by atoms with Crippen molar-refractivity contribution in [2.75, 3.05) is 12.3 Å². The maximum atomic E-state index is 13.9. The van der Waals surface area contributed by atoms with Crippen molar-refractivity contribution < 1.29 is 9.50 Å². The average Bonchev–Trinajstić information content (AvgIpc) is 3.44. The molecule has 5 aromatic rings. The molecule has 4 heterocycles. The van der Waals surface area contributed by atoms with Gasteiger partial charge < -0.3 is 10.8 Å². The van der Waals surface area contributed by atoms with E-state index in [0.717, 1.165) is 12.8 Å². The second-order valence-corrected chi connectivity index (χ2v) is 8.68. The summed E-state index contributed by atoms with van der Waals surface area (Å²) in [6.07, 6.45) is 6.48. The van der Waals surface area contributed by atoms with Crippen LogP contribution in [0.3, 0.4) is 0 Å². The molecule has 35 heavy (non-hydrogen) atoms. The number of anilines is 1. The number of rotatable bonds is 6. The van der Waals surface area contributed by atoms with Gasteiger partial charge in [0.2, 0.25) is 0 Å². The first kappa shape index (κ1) is 21.4. The van der Waals surface area contributed by atoms with E-state index in [4.69, 9.17) is 15.8 Å². The maximum Gasteiger partial charge on any atom is 0.261 e. The number of hydrogen-bond donors (Lipinski definition) is 2. The van der Waals surface area contributed by atoms with E-state index in [1.54, 1.807) is 26.3 Å². The molecule has 4 aromatic heterocycles. The Labute approximate surface area is 197 Å². The molecule has 1 fully saturated rings. The van der Waals surface area contributed by atoms with Crippen LogP contribution in [-0.2, 0) is 6.54 Å². The Bertz CT molecular complexity index is 1650. The predicted octanol–water partition coefficient (Wildman–Crippen LogP) is 2.06. The highest BCUT2D eigenvalue weighted by Crippen LogP contribution is 2.38. The minimum absolute atomic E-state index is 0.0119. The van der Waals surface area contributed by atoms with Crippen molar-refractivity contribution in [3.05, 3.63) is 58.9 Å². The Kier molecular flexibility index (Phi) is 4.85. The zero-order valence-corrected chi connectivity index (χ0v) is 18.8. The maximum absolute atomic E-state index is 13.9. The molecule has 1 atom stereocenters. The van der Waals surface area contributed by atoms with Gasteiger partial charge in [0.1, 0.15) is 35.5 Å². The topological polar surface area (TPSA) is 143 Å². The first-order valence-corrected chi connectivity index (χ1v) is 11.3. The van der Waals surface area contributed by atoms with Crippen LogP contribution in [0.1, 0.15) is 37.7 Å². The largest absolute Gasteiger partial charge is 0.394 e. The quantitative estimate of drug-likeness (QED) is 0.380. The van der Waals surface area contributed by atoms with E-state index >= 15 is 0 Å². The lowest BCUT2D eigenvalue weighted by atomic mass is 10.2. The highest BCUT2D eigenvalue weighted by molar-refractivity contribution is 5.98. The Hall–Kier alpha value is -4.19. The van der Waals surface area contributed by atoms with Crippen LogP contribution >= 0.6 is 0 Å². The molecule has 178 valence electrons. The summed E-state index contributed by atoms with van der Waals surface area (Å²) in [5.41, 5.74) is 8.11. The van der Waals surface area contributed by atoms with Crippen molar-refractivity contribution in [2.24, 2.45) is 0 Å². The fraction of sp³-hybridized carbons (Fsp3) is 0.304. The van der Waals surface area contributed by atoms with Crippen molar-refractivity contribution in [1.29, 1.82) is 0 Å². The number of fused-ring (bicyclic) bond motifs is 2. The lowest BCUT2D eigenvalue weighted by Crippen LogP contribution is -2.28. The molecular weight excluding hydrogens is 453 g/mol. The minimum Gasteiger partial charge on any atom is -0.394 e. The van der Waals surface area contributed by atoms with E-state index in [1.807, 2.05) is 6.92 Å². The summed E-state index contributed by atoms with van der Waals surface area (Å²) >= 11 is 0. The first-order valence-electron chi connectivity index (χ1n) is 11.3. The molecule has 0 radical (unpaired) electrons. The summed E-state index contributed by atoms with van der Waals surface area (Å²) in [7, 11) is 0. The van der Waals surface area contributed by atoms with Gasteiger partial charge in [0, 0.05) is 17.8 Å². The summed E-state index contributed by atoms with van der Waals surface area (Å²) in [5.74, 6) is 0.303. The number of nitrogens with zero attached hydrogens (tertiary/aromatic N) is 8. The fourth-order valence-corrected chi connectivity index (χ4v) is 4.46. The van der Waals surface area contributed by atoms with Crippen LogP contribution < -0.4 is 11.3 Å². The second-order valence-electron chi connectivity index (χ2n) is 8.68. The van der Waals surface area contributed by atoms with E-state index in [1.165, 1.54) is 24.5 Å². The van der Waals surface area contributed by atoms with Gasteiger partial charge >= 0.3 is 0 Å².